The fourth-order valence-electron chi connectivity index (χ4n) is 1.88. The number of halogens is 2. The van der Waals surface area contributed by atoms with E-state index in [-0.39, 0.29) is 6.04 Å². The Kier molecular flexibility index (Phi) is 5.34. The third-order valence-corrected chi connectivity index (χ3v) is 3.70. The Bertz CT molecular complexity index is 630. The van der Waals surface area contributed by atoms with Crippen LogP contribution in [0.1, 0.15) is 24.1 Å². The van der Waals surface area contributed by atoms with E-state index in [0.29, 0.717) is 28.2 Å². The summed E-state index contributed by atoms with van der Waals surface area (Å²) in [7, 11) is 1.60. The maximum Gasteiger partial charge on any atom is 0.161 e. The monoisotopic (exact) mass is 325 g/mol. The highest BCUT2D eigenvalue weighted by Gasteiger charge is 2.09. The minimum atomic E-state index is -0.0568. The van der Waals surface area contributed by atoms with Gasteiger partial charge >= 0.3 is 0 Å². The van der Waals surface area contributed by atoms with Crippen molar-refractivity contribution >= 4 is 23.2 Å². The minimum absolute atomic E-state index is 0.0568. The van der Waals surface area contributed by atoms with Crippen molar-refractivity contribution in [3.8, 4) is 11.5 Å². The molecule has 2 aromatic rings. The maximum atomic E-state index is 6.12. The largest absolute Gasteiger partial charge is 0.493 e. The molecule has 0 aromatic heterocycles. The lowest BCUT2D eigenvalue weighted by atomic mass is 10.1. The van der Waals surface area contributed by atoms with Crippen LogP contribution in [0.5, 0.6) is 11.5 Å². The molecule has 1 atom stereocenters. The number of ether oxygens (including phenoxy) is 2. The molecule has 5 heteroatoms. The standard InChI is InChI=1S/C16H17Cl2NO2/c1-10(19)11-4-6-15(16(7-11)20-2)21-9-12-3-5-13(17)8-14(12)18/h3-8,10H,9,19H2,1-2H3/t10-/m0/s1. The molecule has 21 heavy (non-hydrogen) atoms. The second kappa shape index (κ2) is 7.03. The molecular weight excluding hydrogens is 309 g/mol. The topological polar surface area (TPSA) is 44.5 Å². The molecule has 0 heterocycles. The molecule has 0 aliphatic heterocycles. The van der Waals surface area contributed by atoms with Gasteiger partial charge in [0.25, 0.3) is 0 Å². The average molecular weight is 326 g/mol. The Morgan fingerprint density at radius 3 is 2.48 bits per heavy atom. The Hall–Kier alpha value is -1.42. The van der Waals surface area contributed by atoms with E-state index in [0.717, 1.165) is 11.1 Å². The van der Waals surface area contributed by atoms with Gasteiger partial charge in [-0.2, -0.15) is 0 Å². The van der Waals surface area contributed by atoms with Crippen molar-refractivity contribution in [2.75, 3.05) is 7.11 Å². The van der Waals surface area contributed by atoms with E-state index in [1.807, 2.05) is 31.2 Å². The third-order valence-electron chi connectivity index (χ3n) is 3.11. The Labute approximate surface area is 134 Å². The van der Waals surface area contributed by atoms with E-state index in [1.54, 1.807) is 19.2 Å². The molecule has 0 aliphatic carbocycles. The van der Waals surface area contributed by atoms with E-state index in [2.05, 4.69) is 0 Å². The number of hydrogen-bond donors (Lipinski definition) is 1. The van der Waals surface area contributed by atoms with Crippen LogP contribution in [-0.2, 0) is 6.61 Å². The highest BCUT2D eigenvalue weighted by Crippen LogP contribution is 2.31. The summed E-state index contributed by atoms with van der Waals surface area (Å²) < 4.78 is 11.1. The lowest BCUT2D eigenvalue weighted by Gasteiger charge is -2.14. The van der Waals surface area contributed by atoms with Crippen LogP contribution in [0.2, 0.25) is 10.0 Å². The predicted octanol–water partition coefficient (Wildman–Crippen LogP) is 4.60. The van der Waals surface area contributed by atoms with Crippen LogP contribution in [0, 0.1) is 0 Å². The number of nitrogens with two attached hydrogens (primary N) is 1. The first-order chi connectivity index (χ1) is 10.0. The van der Waals surface area contributed by atoms with Gasteiger partial charge in [-0.1, -0.05) is 35.3 Å². The van der Waals surface area contributed by atoms with Gasteiger partial charge in [0.15, 0.2) is 11.5 Å². The molecule has 0 fully saturated rings. The van der Waals surface area contributed by atoms with Crippen LogP contribution in [0.25, 0.3) is 0 Å². The number of benzene rings is 2. The van der Waals surface area contributed by atoms with Gasteiger partial charge in [-0.15, -0.1) is 0 Å². The first-order valence-corrected chi connectivity index (χ1v) is 7.27. The van der Waals surface area contributed by atoms with Crippen molar-refractivity contribution in [1.29, 1.82) is 0 Å². The first kappa shape index (κ1) is 16.0. The summed E-state index contributed by atoms with van der Waals surface area (Å²) in [6.45, 7) is 2.26. The van der Waals surface area contributed by atoms with Crippen molar-refractivity contribution in [3.63, 3.8) is 0 Å². The molecule has 3 nitrogen and oxygen atoms in total. The summed E-state index contributed by atoms with van der Waals surface area (Å²) in [5, 5.41) is 1.18. The van der Waals surface area contributed by atoms with Crippen LogP contribution < -0.4 is 15.2 Å². The van der Waals surface area contributed by atoms with E-state index >= 15 is 0 Å². The Morgan fingerprint density at radius 2 is 1.86 bits per heavy atom. The van der Waals surface area contributed by atoms with E-state index < -0.39 is 0 Å². The second-order valence-electron chi connectivity index (χ2n) is 4.72. The van der Waals surface area contributed by atoms with E-state index in [1.165, 1.54) is 0 Å². The molecule has 0 aliphatic rings. The summed E-state index contributed by atoms with van der Waals surface area (Å²) in [5.41, 5.74) is 7.71. The van der Waals surface area contributed by atoms with Crippen LogP contribution in [0.3, 0.4) is 0 Å². The maximum absolute atomic E-state index is 6.12. The molecule has 112 valence electrons. The molecule has 0 saturated heterocycles. The zero-order valence-electron chi connectivity index (χ0n) is 11.9. The predicted molar refractivity (Wildman–Crippen MR) is 86.4 cm³/mol. The molecule has 2 N–H and O–H groups in total. The highest BCUT2D eigenvalue weighted by atomic mass is 35.5. The minimum Gasteiger partial charge on any atom is -0.493 e. The van der Waals surface area contributed by atoms with Gasteiger partial charge in [-0.3, -0.25) is 0 Å². The van der Waals surface area contributed by atoms with Crippen LogP contribution in [0.4, 0.5) is 0 Å². The zero-order valence-corrected chi connectivity index (χ0v) is 13.4. The summed E-state index contributed by atoms with van der Waals surface area (Å²) >= 11 is 12.0. The molecule has 2 aromatic carbocycles. The summed E-state index contributed by atoms with van der Waals surface area (Å²) in [5.74, 6) is 1.29. The smallest absolute Gasteiger partial charge is 0.161 e. The molecule has 0 spiro atoms. The molecule has 2 rings (SSSR count). The fraction of sp³-hybridized carbons (Fsp3) is 0.250. The molecule has 0 amide bonds. The first-order valence-electron chi connectivity index (χ1n) is 6.51. The van der Waals surface area contributed by atoms with Crippen molar-refractivity contribution < 1.29 is 9.47 Å². The third kappa shape index (κ3) is 4.03. The van der Waals surface area contributed by atoms with Gasteiger partial charge in [0.05, 0.1) is 7.11 Å². The van der Waals surface area contributed by atoms with Crippen molar-refractivity contribution in [2.45, 2.75) is 19.6 Å². The molecule has 0 radical (unpaired) electrons. The molecule has 0 bridgehead atoms. The van der Waals surface area contributed by atoms with E-state index in [4.69, 9.17) is 38.4 Å². The molecule has 0 unspecified atom stereocenters. The molecule has 0 saturated carbocycles. The van der Waals surface area contributed by atoms with Crippen LogP contribution >= 0.6 is 23.2 Å². The fourth-order valence-corrected chi connectivity index (χ4v) is 2.34. The Balaban J connectivity index is 2.16. The van der Waals surface area contributed by atoms with Gasteiger partial charge in [-0.25, -0.2) is 0 Å². The van der Waals surface area contributed by atoms with Crippen molar-refractivity contribution in [1.82, 2.24) is 0 Å². The van der Waals surface area contributed by atoms with Gasteiger partial charge < -0.3 is 15.2 Å². The zero-order chi connectivity index (χ0) is 15.4. The highest BCUT2D eigenvalue weighted by molar-refractivity contribution is 6.35. The lowest BCUT2D eigenvalue weighted by molar-refractivity contribution is 0.284. The summed E-state index contributed by atoms with van der Waals surface area (Å²) in [6, 6.07) is 10.9. The van der Waals surface area contributed by atoms with E-state index in [9.17, 15) is 0 Å². The van der Waals surface area contributed by atoms with Crippen molar-refractivity contribution in [3.05, 3.63) is 57.6 Å². The quantitative estimate of drug-likeness (QED) is 0.873. The SMILES string of the molecule is COc1cc([C@H](C)N)ccc1OCc1ccc(Cl)cc1Cl. The number of hydrogen-bond acceptors (Lipinski definition) is 3. The number of methoxy groups -OCH3 is 1. The summed E-state index contributed by atoms with van der Waals surface area (Å²) in [6.07, 6.45) is 0. The number of rotatable bonds is 5. The van der Waals surface area contributed by atoms with Gasteiger partial charge in [0.1, 0.15) is 6.61 Å². The summed E-state index contributed by atoms with van der Waals surface area (Å²) in [4.78, 5) is 0. The van der Waals surface area contributed by atoms with Gasteiger partial charge in [0.2, 0.25) is 0 Å². The Morgan fingerprint density at radius 1 is 1.10 bits per heavy atom. The average Bonchev–Trinajstić information content (AvgIpc) is 2.46. The molecular formula is C16H17Cl2NO2. The lowest BCUT2D eigenvalue weighted by Crippen LogP contribution is -2.06. The van der Waals surface area contributed by atoms with Gasteiger partial charge in [0, 0.05) is 21.7 Å². The normalized spacial score (nSPS) is 12.0. The van der Waals surface area contributed by atoms with Crippen LogP contribution in [0.15, 0.2) is 36.4 Å². The van der Waals surface area contributed by atoms with Crippen LogP contribution in [-0.4, -0.2) is 7.11 Å². The van der Waals surface area contributed by atoms with Gasteiger partial charge in [-0.05, 0) is 36.8 Å². The second-order valence-corrected chi connectivity index (χ2v) is 5.57. The van der Waals surface area contributed by atoms with Crippen molar-refractivity contribution in [2.24, 2.45) is 5.73 Å².